The summed E-state index contributed by atoms with van der Waals surface area (Å²) in [4.78, 5) is 19.4. The van der Waals surface area contributed by atoms with Crippen molar-refractivity contribution in [2.24, 2.45) is 0 Å². The Hall–Kier alpha value is -1.71. The molecule has 0 saturated heterocycles. The van der Waals surface area contributed by atoms with Crippen LogP contribution in [0, 0.1) is 13.8 Å². The molecular formula is C11H14N2O2. The van der Waals surface area contributed by atoms with Crippen LogP contribution >= 0.6 is 0 Å². The molecule has 1 rings (SSSR count). The van der Waals surface area contributed by atoms with E-state index in [2.05, 4.69) is 9.97 Å². The normalized spacial score (nSPS) is 10.6. The summed E-state index contributed by atoms with van der Waals surface area (Å²) in [6.45, 7) is 5.84. The number of aromatic nitrogens is 2. The highest BCUT2D eigenvalue weighted by Gasteiger charge is 1.99. The Morgan fingerprint density at radius 1 is 1.53 bits per heavy atom. The maximum atomic E-state index is 11.1. The summed E-state index contributed by atoms with van der Waals surface area (Å²) in [5, 5.41) is 0. The van der Waals surface area contributed by atoms with Crippen LogP contribution < -0.4 is 0 Å². The maximum Gasteiger partial charge on any atom is 0.330 e. The van der Waals surface area contributed by atoms with Gasteiger partial charge in [0.15, 0.2) is 0 Å². The Morgan fingerprint density at radius 2 is 2.27 bits per heavy atom. The van der Waals surface area contributed by atoms with Gasteiger partial charge in [-0.05, 0) is 26.8 Å². The minimum absolute atomic E-state index is 0.361. The second-order valence-electron chi connectivity index (χ2n) is 3.07. The lowest BCUT2D eigenvalue weighted by molar-refractivity contribution is -0.137. The molecule has 0 aliphatic rings. The lowest BCUT2D eigenvalue weighted by Crippen LogP contribution is -2.00. The smallest absolute Gasteiger partial charge is 0.330 e. The van der Waals surface area contributed by atoms with Crippen molar-refractivity contribution in [1.29, 1.82) is 0 Å². The van der Waals surface area contributed by atoms with Gasteiger partial charge in [-0.3, -0.25) is 9.97 Å². The van der Waals surface area contributed by atoms with E-state index >= 15 is 0 Å². The van der Waals surface area contributed by atoms with Crippen LogP contribution in [0.5, 0.6) is 0 Å². The van der Waals surface area contributed by atoms with Crippen LogP contribution in [0.2, 0.25) is 0 Å². The van der Waals surface area contributed by atoms with Crippen molar-refractivity contribution in [1.82, 2.24) is 9.97 Å². The Balaban J connectivity index is 2.79. The van der Waals surface area contributed by atoms with E-state index in [1.54, 1.807) is 19.2 Å². The SMILES string of the molecule is CCOC(=O)/C=C/c1nc(C)cnc1C. The number of hydrogen-bond acceptors (Lipinski definition) is 4. The van der Waals surface area contributed by atoms with Gasteiger partial charge in [-0.15, -0.1) is 0 Å². The van der Waals surface area contributed by atoms with Crippen molar-refractivity contribution in [3.05, 3.63) is 29.4 Å². The standard InChI is InChI=1S/C11H14N2O2/c1-4-15-11(14)6-5-10-9(3)12-7-8(2)13-10/h5-7H,4H2,1-3H3/b6-5+. The predicted octanol–water partition coefficient (Wildman–Crippen LogP) is 1.67. The minimum atomic E-state index is -0.361. The number of carbonyl (C=O) groups excluding carboxylic acids is 1. The molecule has 0 aromatic carbocycles. The van der Waals surface area contributed by atoms with Crippen LogP contribution in [0.25, 0.3) is 6.08 Å². The Morgan fingerprint density at radius 3 is 2.93 bits per heavy atom. The molecule has 15 heavy (non-hydrogen) atoms. The lowest BCUT2D eigenvalue weighted by atomic mass is 10.3. The van der Waals surface area contributed by atoms with Gasteiger partial charge in [0.1, 0.15) is 0 Å². The summed E-state index contributed by atoms with van der Waals surface area (Å²) >= 11 is 0. The molecule has 80 valence electrons. The predicted molar refractivity (Wildman–Crippen MR) is 57.2 cm³/mol. The summed E-state index contributed by atoms with van der Waals surface area (Å²) in [7, 11) is 0. The average molecular weight is 206 g/mol. The van der Waals surface area contributed by atoms with E-state index in [1.807, 2.05) is 13.8 Å². The largest absolute Gasteiger partial charge is 0.463 e. The van der Waals surface area contributed by atoms with Crippen LogP contribution in [-0.4, -0.2) is 22.5 Å². The van der Waals surface area contributed by atoms with Crippen molar-refractivity contribution >= 4 is 12.0 Å². The van der Waals surface area contributed by atoms with Crippen molar-refractivity contribution in [3.8, 4) is 0 Å². The van der Waals surface area contributed by atoms with E-state index in [4.69, 9.17) is 4.74 Å². The average Bonchev–Trinajstić information content (AvgIpc) is 2.20. The minimum Gasteiger partial charge on any atom is -0.463 e. The molecule has 4 heteroatoms. The highest BCUT2D eigenvalue weighted by atomic mass is 16.5. The molecule has 0 saturated carbocycles. The number of esters is 1. The topological polar surface area (TPSA) is 52.1 Å². The third-order valence-electron chi connectivity index (χ3n) is 1.78. The first kappa shape index (κ1) is 11.4. The van der Waals surface area contributed by atoms with Crippen molar-refractivity contribution in [2.45, 2.75) is 20.8 Å². The van der Waals surface area contributed by atoms with Gasteiger partial charge < -0.3 is 4.74 Å². The van der Waals surface area contributed by atoms with Crippen LogP contribution in [-0.2, 0) is 9.53 Å². The van der Waals surface area contributed by atoms with Crippen LogP contribution in [0.1, 0.15) is 24.0 Å². The van der Waals surface area contributed by atoms with E-state index < -0.39 is 0 Å². The number of ether oxygens (including phenoxy) is 1. The summed E-state index contributed by atoms with van der Waals surface area (Å²) in [6.07, 6.45) is 4.67. The fourth-order valence-corrected chi connectivity index (χ4v) is 1.05. The third kappa shape index (κ3) is 3.50. The van der Waals surface area contributed by atoms with Gasteiger partial charge in [-0.1, -0.05) is 0 Å². The number of hydrogen-bond donors (Lipinski definition) is 0. The molecule has 4 nitrogen and oxygen atoms in total. The van der Waals surface area contributed by atoms with E-state index in [9.17, 15) is 4.79 Å². The number of nitrogens with zero attached hydrogens (tertiary/aromatic N) is 2. The molecule has 1 heterocycles. The van der Waals surface area contributed by atoms with Gasteiger partial charge in [-0.2, -0.15) is 0 Å². The molecule has 0 fully saturated rings. The van der Waals surface area contributed by atoms with E-state index in [0.29, 0.717) is 12.3 Å². The second-order valence-corrected chi connectivity index (χ2v) is 3.07. The highest BCUT2D eigenvalue weighted by Crippen LogP contribution is 2.04. The Labute approximate surface area is 89.0 Å². The molecule has 1 aromatic heterocycles. The molecule has 0 bridgehead atoms. The van der Waals surface area contributed by atoms with E-state index in [-0.39, 0.29) is 5.97 Å². The Kier molecular flexibility index (Phi) is 3.97. The van der Waals surface area contributed by atoms with E-state index in [0.717, 1.165) is 11.4 Å². The molecular weight excluding hydrogens is 192 g/mol. The van der Waals surface area contributed by atoms with E-state index in [1.165, 1.54) is 6.08 Å². The molecule has 1 aromatic rings. The van der Waals surface area contributed by atoms with Crippen LogP contribution in [0.4, 0.5) is 0 Å². The summed E-state index contributed by atoms with van der Waals surface area (Å²) in [6, 6.07) is 0. The summed E-state index contributed by atoms with van der Waals surface area (Å²) < 4.78 is 4.76. The summed E-state index contributed by atoms with van der Waals surface area (Å²) in [5.74, 6) is -0.361. The zero-order valence-electron chi connectivity index (χ0n) is 9.15. The van der Waals surface area contributed by atoms with Crippen molar-refractivity contribution in [2.75, 3.05) is 6.61 Å². The first-order chi connectivity index (χ1) is 7.13. The molecule has 0 aliphatic heterocycles. The first-order valence-electron chi connectivity index (χ1n) is 4.78. The highest BCUT2D eigenvalue weighted by molar-refractivity contribution is 5.86. The molecule has 0 spiro atoms. The monoisotopic (exact) mass is 206 g/mol. The first-order valence-corrected chi connectivity index (χ1v) is 4.78. The van der Waals surface area contributed by atoms with Crippen LogP contribution in [0.15, 0.2) is 12.3 Å². The van der Waals surface area contributed by atoms with Gasteiger partial charge in [0.05, 0.1) is 23.7 Å². The van der Waals surface area contributed by atoms with Crippen LogP contribution in [0.3, 0.4) is 0 Å². The van der Waals surface area contributed by atoms with Gasteiger partial charge in [0.25, 0.3) is 0 Å². The van der Waals surface area contributed by atoms with Crippen molar-refractivity contribution < 1.29 is 9.53 Å². The molecule has 0 unspecified atom stereocenters. The number of carbonyl (C=O) groups is 1. The molecule has 0 N–H and O–H groups in total. The summed E-state index contributed by atoms with van der Waals surface area (Å²) in [5.41, 5.74) is 2.31. The zero-order valence-corrected chi connectivity index (χ0v) is 9.15. The quantitative estimate of drug-likeness (QED) is 0.557. The lowest BCUT2D eigenvalue weighted by Gasteiger charge is -1.99. The van der Waals surface area contributed by atoms with Gasteiger partial charge >= 0.3 is 5.97 Å². The zero-order chi connectivity index (χ0) is 11.3. The molecule has 0 amide bonds. The third-order valence-corrected chi connectivity index (χ3v) is 1.78. The number of aryl methyl sites for hydroxylation is 2. The van der Waals surface area contributed by atoms with Gasteiger partial charge in [-0.25, -0.2) is 4.79 Å². The fraction of sp³-hybridized carbons (Fsp3) is 0.364. The van der Waals surface area contributed by atoms with Gasteiger partial charge in [0.2, 0.25) is 0 Å². The molecule has 0 aliphatic carbocycles. The molecule has 0 atom stereocenters. The van der Waals surface area contributed by atoms with Crippen molar-refractivity contribution in [3.63, 3.8) is 0 Å². The Bertz CT molecular complexity index is 386. The fourth-order valence-electron chi connectivity index (χ4n) is 1.05. The molecule has 0 radical (unpaired) electrons. The number of rotatable bonds is 3. The maximum absolute atomic E-state index is 11.1. The second kappa shape index (κ2) is 5.24. The van der Waals surface area contributed by atoms with Gasteiger partial charge in [0, 0.05) is 12.3 Å².